The van der Waals surface area contributed by atoms with Crippen molar-refractivity contribution in [2.45, 2.75) is 66.1 Å². The smallest absolute Gasteiger partial charge is 0.238 e. The van der Waals surface area contributed by atoms with Crippen LogP contribution in [0.5, 0.6) is 0 Å². The van der Waals surface area contributed by atoms with Crippen molar-refractivity contribution in [1.82, 2.24) is 10.6 Å². The van der Waals surface area contributed by atoms with Gasteiger partial charge in [0.2, 0.25) is 5.91 Å². The van der Waals surface area contributed by atoms with Crippen LogP contribution in [0.15, 0.2) is 0 Å². The van der Waals surface area contributed by atoms with Gasteiger partial charge in [0.05, 0.1) is 6.04 Å². The van der Waals surface area contributed by atoms with Crippen LogP contribution in [0.2, 0.25) is 0 Å². The van der Waals surface area contributed by atoms with E-state index < -0.39 is 0 Å². The van der Waals surface area contributed by atoms with E-state index in [4.69, 9.17) is 0 Å². The summed E-state index contributed by atoms with van der Waals surface area (Å²) in [6.07, 6.45) is 0. The number of thiol groups is 1. The maximum absolute atomic E-state index is 12.0. The zero-order valence-corrected chi connectivity index (χ0v) is 13.1. The molecule has 0 saturated carbocycles. The van der Waals surface area contributed by atoms with Gasteiger partial charge in [-0.1, -0.05) is 20.8 Å². The third-order valence-electron chi connectivity index (χ3n) is 2.75. The molecular weight excluding hydrogens is 232 g/mol. The van der Waals surface area contributed by atoms with E-state index in [1.165, 1.54) is 0 Å². The highest BCUT2D eigenvalue weighted by atomic mass is 32.1. The van der Waals surface area contributed by atoms with Crippen molar-refractivity contribution in [2.75, 3.05) is 5.75 Å². The van der Waals surface area contributed by atoms with Crippen LogP contribution in [-0.2, 0) is 4.79 Å². The predicted octanol–water partition coefficient (Wildman–Crippen LogP) is 2.22. The Kier molecular flexibility index (Phi) is 6.02. The molecule has 0 bridgehead atoms. The number of carbonyl (C=O) groups is 1. The first-order valence-electron chi connectivity index (χ1n) is 6.16. The SMILES string of the molecule is CC(NC(CS)C(=O)NC(C)(C)C)C(C)(C)C. The Labute approximate surface area is 112 Å². The molecule has 0 heterocycles. The Morgan fingerprint density at radius 2 is 1.65 bits per heavy atom. The predicted molar refractivity (Wildman–Crippen MR) is 77.6 cm³/mol. The van der Waals surface area contributed by atoms with Crippen molar-refractivity contribution in [1.29, 1.82) is 0 Å². The monoisotopic (exact) mass is 260 g/mol. The minimum atomic E-state index is -0.244. The zero-order valence-electron chi connectivity index (χ0n) is 12.2. The van der Waals surface area contributed by atoms with E-state index in [9.17, 15) is 4.79 Å². The molecule has 0 radical (unpaired) electrons. The first-order chi connectivity index (χ1) is 7.47. The highest BCUT2D eigenvalue weighted by Crippen LogP contribution is 2.19. The van der Waals surface area contributed by atoms with E-state index in [1.54, 1.807) is 0 Å². The number of amides is 1. The third-order valence-corrected chi connectivity index (χ3v) is 3.11. The highest BCUT2D eigenvalue weighted by molar-refractivity contribution is 7.80. The third kappa shape index (κ3) is 6.94. The van der Waals surface area contributed by atoms with Gasteiger partial charge in [0.15, 0.2) is 0 Å². The van der Waals surface area contributed by atoms with Crippen LogP contribution in [0.3, 0.4) is 0 Å². The fourth-order valence-electron chi connectivity index (χ4n) is 1.22. The summed E-state index contributed by atoms with van der Waals surface area (Å²) in [6, 6.07) is 0.0113. The quantitative estimate of drug-likeness (QED) is 0.679. The average molecular weight is 260 g/mol. The van der Waals surface area contributed by atoms with Crippen LogP contribution in [-0.4, -0.2) is 29.3 Å². The van der Waals surface area contributed by atoms with Crippen LogP contribution in [0, 0.1) is 5.41 Å². The molecule has 102 valence electrons. The molecule has 1 amide bonds. The second-order valence-corrected chi connectivity index (χ2v) is 7.09. The van der Waals surface area contributed by atoms with Gasteiger partial charge < -0.3 is 10.6 Å². The van der Waals surface area contributed by atoms with Gasteiger partial charge in [0, 0.05) is 17.3 Å². The molecule has 2 N–H and O–H groups in total. The van der Waals surface area contributed by atoms with E-state index in [1.807, 2.05) is 20.8 Å². The van der Waals surface area contributed by atoms with Gasteiger partial charge in [-0.3, -0.25) is 4.79 Å². The molecule has 0 aromatic rings. The van der Waals surface area contributed by atoms with Crippen molar-refractivity contribution >= 4 is 18.5 Å². The molecule has 2 atom stereocenters. The molecule has 3 nitrogen and oxygen atoms in total. The molecule has 0 aromatic carbocycles. The number of hydrogen-bond acceptors (Lipinski definition) is 3. The van der Waals surface area contributed by atoms with E-state index in [0.717, 1.165) is 0 Å². The summed E-state index contributed by atoms with van der Waals surface area (Å²) in [5.74, 6) is 0.520. The van der Waals surface area contributed by atoms with Gasteiger partial charge in [-0.05, 0) is 33.1 Å². The Morgan fingerprint density at radius 3 is 1.94 bits per heavy atom. The van der Waals surface area contributed by atoms with Crippen LogP contribution >= 0.6 is 12.6 Å². The fourth-order valence-corrected chi connectivity index (χ4v) is 1.49. The summed E-state index contributed by atoms with van der Waals surface area (Å²) in [6.45, 7) is 14.5. The van der Waals surface area contributed by atoms with E-state index in [2.05, 4.69) is 51.0 Å². The first kappa shape index (κ1) is 16.8. The molecule has 0 aliphatic carbocycles. The maximum Gasteiger partial charge on any atom is 0.238 e. The van der Waals surface area contributed by atoms with E-state index in [-0.39, 0.29) is 28.9 Å². The summed E-state index contributed by atoms with van der Waals surface area (Å²) in [4.78, 5) is 12.0. The van der Waals surface area contributed by atoms with Crippen LogP contribution in [0.25, 0.3) is 0 Å². The minimum Gasteiger partial charge on any atom is -0.350 e. The Balaban J connectivity index is 4.49. The molecule has 2 unspecified atom stereocenters. The van der Waals surface area contributed by atoms with Crippen LogP contribution < -0.4 is 10.6 Å². The molecule has 0 saturated heterocycles. The standard InChI is InChI=1S/C13H28N2OS/c1-9(12(2,3)4)14-10(8-17)11(16)15-13(5,6)7/h9-10,14,17H,8H2,1-7H3,(H,15,16). The lowest BCUT2D eigenvalue weighted by Gasteiger charge is -2.32. The van der Waals surface area contributed by atoms with Gasteiger partial charge in [-0.25, -0.2) is 0 Å². The van der Waals surface area contributed by atoms with Gasteiger partial charge in [0.25, 0.3) is 0 Å². The summed E-state index contributed by atoms with van der Waals surface area (Å²) in [5.41, 5.74) is -0.0753. The second-order valence-electron chi connectivity index (χ2n) is 6.73. The topological polar surface area (TPSA) is 41.1 Å². The van der Waals surface area contributed by atoms with E-state index >= 15 is 0 Å². The molecule has 0 spiro atoms. The number of nitrogens with one attached hydrogen (secondary N) is 2. The lowest BCUT2D eigenvalue weighted by Crippen LogP contribution is -2.55. The lowest BCUT2D eigenvalue weighted by molar-refractivity contribution is -0.124. The van der Waals surface area contributed by atoms with Crippen molar-refractivity contribution < 1.29 is 4.79 Å². The fraction of sp³-hybridized carbons (Fsp3) is 0.923. The zero-order chi connectivity index (χ0) is 13.9. The molecule has 0 aromatic heterocycles. The highest BCUT2D eigenvalue weighted by Gasteiger charge is 2.27. The second kappa shape index (κ2) is 6.10. The van der Waals surface area contributed by atoms with E-state index in [0.29, 0.717) is 5.75 Å². The summed E-state index contributed by atoms with van der Waals surface area (Å²) in [7, 11) is 0. The molecule has 0 aliphatic rings. The summed E-state index contributed by atoms with van der Waals surface area (Å²) >= 11 is 4.25. The van der Waals surface area contributed by atoms with Crippen LogP contribution in [0.1, 0.15) is 48.5 Å². The summed E-state index contributed by atoms with van der Waals surface area (Å²) in [5, 5.41) is 6.32. The van der Waals surface area contributed by atoms with Crippen molar-refractivity contribution in [2.24, 2.45) is 5.41 Å². The van der Waals surface area contributed by atoms with Crippen LogP contribution in [0.4, 0.5) is 0 Å². The largest absolute Gasteiger partial charge is 0.350 e. The van der Waals surface area contributed by atoms with Gasteiger partial charge in [0.1, 0.15) is 0 Å². The number of hydrogen-bond donors (Lipinski definition) is 3. The number of rotatable bonds is 4. The van der Waals surface area contributed by atoms with Crippen molar-refractivity contribution in [3.8, 4) is 0 Å². The summed E-state index contributed by atoms with van der Waals surface area (Å²) < 4.78 is 0. The van der Waals surface area contributed by atoms with Gasteiger partial charge in [-0.2, -0.15) is 12.6 Å². The Morgan fingerprint density at radius 1 is 1.18 bits per heavy atom. The molecule has 0 aliphatic heterocycles. The Hall–Kier alpha value is -0.220. The van der Waals surface area contributed by atoms with Crippen molar-refractivity contribution in [3.63, 3.8) is 0 Å². The van der Waals surface area contributed by atoms with Crippen molar-refractivity contribution in [3.05, 3.63) is 0 Å². The normalized spacial score (nSPS) is 16.5. The molecular formula is C13H28N2OS. The first-order valence-corrected chi connectivity index (χ1v) is 6.79. The molecule has 0 rings (SSSR count). The Bertz CT molecular complexity index is 253. The minimum absolute atomic E-state index is 0.0172. The number of carbonyl (C=O) groups excluding carboxylic acids is 1. The molecule has 0 fully saturated rings. The molecule has 17 heavy (non-hydrogen) atoms. The lowest BCUT2D eigenvalue weighted by atomic mass is 9.87. The van der Waals surface area contributed by atoms with Gasteiger partial charge in [-0.15, -0.1) is 0 Å². The molecule has 4 heteroatoms. The average Bonchev–Trinajstić information content (AvgIpc) is 2.08. The maximum atomic E-state index is 12.0. The van der Waals surface area contributed by atoms with Gasteiger partial charge >= 0.3 is 0 Å².